The molecule has 1 aromatic heterocycles. The van der Waals surface area contributed by atoms with Crippen LogP contribution in [0.15, 0.2) is 18.2 Å². The van der Waals surface area contributed by atoms with E-state index in [4.69, 9.17) is 0 Å². The maximum atomic E-state index is 13.0. The molecule has 1 aromatic carbocycles. The van der Waals surface area contributed by atoms with Gasteiger partial charge in [-0.1, -0.05) is 18.9 Å². The van der Waals surface area contributed by atoms with Gasteiger partial charge in [-0.25, -0.2) is 4.98 Å². The summed E-state index contributed by atoms with van der Waals surface area (Å²) in [7, 11) is 0. The Kier molecular flexibility index (Phi) is 5.20. The Balaban J connectivity index is 1.60. The number of carbonyl (C=O) groups is 2. The summed E-state index contributed by atoms with van der Waals surface area (Å²) < 4.78 is 1.95. The van der Waals surface area contributed by atoms with Gasteiger partial charge in [0.05, 0.1) is 5.69 Å². The molecule has 2 amide bonds. The van der Waals surface area contributed by atoms with E-state index in [9.17, 15) is 9.59 Å². The number of aromatic nitrogens is 2. The van der Waals surface area contributed by atoms with E-state index in [0.29, 0.717) is 11.5 Å². The van der Waals surface area contributed by atoms with Crippen molar-refractivity contribution >= 4 is 17.5 Å². The average Bonchev–Trinajstić information content (AvgIpc) is 3.28. The lowest BCUT2D eigenvalue weighted by atomic mass is 10.1. The van der Waals surface area contributed by atoms with Crippen molar-refractivity contribution < 1.29 is 9.59 Å². The van der Waals surface area contributed by atoms with Gasteiger partial charge in [-0.2, -0.15) is 0 Å². The molecule has 2 aromatic rings. The molecule has 2 N–H and O–H groups in total. The number of carbonyl (C=O) groups excluding carboxylic acids is 2. The summed E-state index contributed by atoms with van der Waals surface area (Å²) in [6.07, 6.45) is 7.17. The Morgan fingerprint density at radius 3 is 2.43 bits per heavy atom. The zero-order valence-corrected chi connectivity index (χ0v) is 16.7. The van der Waals surface area contributed by atoms with Gasteiger partial charge in [0.2, 0.25) is 0 Å². The zero-order valence-electron chi connectivity index (χ0n) is 16.7. The number of benzene rings is 1. The second-order valence-corrected chi connectivity index (χ2v) is 8.12. The van der Waals surface area contributed by atoms with E-state index in [-0.39, 0.29) is 17.9 Å². The quantitative estimate of drug-likeness (QED) is 0.848. The number of hydrogen-bond acceptors (Lipinski definition) is 3. The van der Waals surface area contributed by atoms with Crippen LogP contribution < -0.4 is 10.6 Å². The fraction of sp³-hybridized carbons (Fsp3) is 0.500. The van der Waals surface area contributed by atoms with E-state index >= 15 is 0 Å². The van der Waals surface area contributed by atoms with E-state index in [1.54, 1.807) is 0 Å². The summed E-state index contributed by atoms with van der Waals surface area (Å²) in [6, 6.07) is 6.19. The van der Waals surface area contributed by atoms with Crippen molar-refractivity contribution in [3.05, 3.63) is 46.5 Å². The number of anilines is 1. The van der Waals surface area contributed by atoms with E-state index in [0.717, 1.165) is 74.0 Å². The van der Waals surface area contributed by atoms with Crippen molar-refractivity contribution in [1.82, 2.24) is 14.9 Å². The number of fused-ring (bicyclic) bond motifs is 1. The predicted molar refractivity (Wildman–Crippen MR) is 109 cm³/mol. The number of amides is 2. The first-order chi connectivity index (χ1) is 13.5. The largest absolute Gasteiger partial charge is 0.347 e. The number of hydrogen-bond donors (Lipinski definition) is 2. The molecule has 28 heavy (non-hydrogen) atoms. The molecule has 1 aliphatic carbocycles. The summed E-state index contributed by atoms with van der Waals surface area (Å²) in [6.45, 7) is 4.76. The van der Waals surface area contributed by atoms with Gasteiger partial charge in [-0.05, 0) is 69.2 Å². The molecule has 0 atom stereocenters. The lowest BCUT2D eigenvalue weighted by molar-refractivity contribution is 0.0921. The molecule has 0 unspecified atom stereocenters. The van der Waals surface area contributed by atoms with E-state index in [1.165, 1.54) is 0 Å². The van der Waals surface area contributed by atoms with Crippen molar-refractivity contribution in [2.45, 2.75) is 71.4 Å². The summed E-state index contributed by atoms with van der Waals surface area (Å²) >= 11 is 0. The van der Waals surface area contributed by atoms with Crippen molar-refractivity contribution in [1.29, 1.82) is 0 Å². The van der Waals surface area contributed by atoms with Gasteiger partial charge in [0.15, 0.2) is 11.5 Å². The molecule has 0 radical (unpaired) electrons. The molecular weight excluding hydrogens is 352 g/mol. The highest BCUT2D eigenvalue weighted by atomic mass is 16.2. The molecule has 6 nitrogen and oxygen atoms in total. The van der Waals surface area contributed by atoms with Gasteiger partial charge in [-0.3, -0.25) is 9.59 Å². The molecular formula is C22H28N4O2. The Morgan fingerprint density at radius 2 is 1.71 bits per heavy atom. The Hall–Kier alpha value is -2.63. The minimum atomic E-state index is -0.240. The van der Waals surface area contributed by atoms with Crippen molar-refractivity contribution in [3.8, 4) is 0 Å². The highest BCUT2D eigenvalue weighted by molar-refractivity contribution is 6.05. The second-order valence-electron chi connectivity index (χ2n) is 8.12. The third kappa shape index (κ3) is 3.81. The second kappa shape index (κ2) is 7.78. The van der Waals surface area contributed by atoms with Crippen LogP contribution in [-0.4, -0.2) is 27.4 Å². The van der Waals surface area contributed by atoms with Crippen LogP contribution in [0.25, 0.3) is 0 Å². The standard InChI is InChI=1S/C22H28N4O2/c1-14-11-15(2)13-17(12-14)24-21(27)19-18-9-5-6-10-26(18)20(25-19)22(28)23-16-7-3-4-8-16/h11-13,16H,3-10H2,1-2H3,(H,23,28)(H,24,27). The Labute approximate surface area is 165 Å². The smallest absolute Gasteiger partial charge is 0.287 e. The third-order valence-electron chi connectivity index (χ3n) is 5.71. The Bertz CT molecular complexity index is 889. The number of rotatable bonds is 4. The van der Waals surface area contributed by atoms with Gasteiger partial charge >= 0.3 is 0 Å². The number of aryl methyl sites for hydroxylation is 2. The van der Waals surface area contributed by atoms with Crippen LogP contribution in [0, 0.1) is 13.8 Å². The molecule has 4 rings (SSSR count). The fourth-order valence-corrected chi connectivity index (χ4v) is 4.46. The fourth-order valence-electron chi connectivity index (χ4n) is 4.46. The number of imidazole rings is 1. The highest BCUT2D eigenvalue weighted by Crippen LogP contribution is 2.24. The molecule has 148 valence electrons. The Morgan fingerprint density at radius 1 is 1.00 bits per heavy atom. The van der Waals surface area contributed by atoms with Crippen molar-refractivity contribution in [3.63, 3.8) is 0 Å². The van der Waals surface area contributed by atoms with Crippen LogP contribution in [0.4, 0.5) is 5.69 Å². The normalized spacial score (nSPS) is 16.6. The number of nitrogens with zero attached hydrogens (tertiary/aromatic N) is 2. The van der Waals surface area contributed by atoms with E-state index in [1.807, 2.05) is 30.5 Å². The SMILES string of the molecule is Cc1cc(C)cc(NC(=O)c2nc(C(=O)NC3CCCC3)n3c2CCCC3)c1. The zero-order chi connectivity index (χ0) is 19.7. The van der Waals surface area contributed by atoms with Crippen LogP contribution in [0.1, 0.15) is 76.5 Å². The summed E-state index contributed by atoms with van der Waals surface area (Å²) in [5.74, 6) is -0.0109. The highest BCUT2D eigenvalue weighted by Gasteiger charge is 2.29. The summed E-state index contributed by atoms with van der Waals surface area (Å²) in [4.78, 5) is 30.3. The molecule has 0 bridgehead atoms. The molecule has 0 saturated heterocycles. The minimum Gasteiger partial charge on any atom is -0.347 e. The topological polar surface area (TPSA) is 76.0 Å². The first-order valence-electron chi connectivity index (χ1n) is 10.3. The summed E-state index contributed by atoms with van der Waals surface area (Å²) in [5, 5.41) is 6.08. The van der Waals surface area contributed by atoms with Crippen LogP contribution in [0.3, 0.4) is 0 Å². The maximum Gasteiger partial charge on any atom is 0.287 e. The minimum absolute atomic E-state index is 0.152. The van der Waals surface area contributed by atoms with Crippen molar-refractivity contribution in [2.24, 2.45) is 0 Å². The monoisotopic (exact) mass is 380 g/mol. The van der Waals surface area contributed by atoms with Crippen LogP contribution in [-0.2, 0) is 13.0 Å². The molecule has 0 spiro atoms. The van der Waals surface area contributed by atoms with Gasteiger partial charge in [-0.15, -0.1) is 0 Å². The molecule has 6 heteroatoms. The predicted octanol–water partition coefficient (Wildman–Crippen LogP) is 3.76. The van der Waals surface area contributed by atoms with Crippen LogP contribution >= 0.6 is 0 Å². The first kappa shape index (κ1) is 18.7. The van der Waals surface area contributed by atoms with Gasteiger partial charge in [0.1, 0.15) is 0 Å². The lowest BCUT2D eigenvalue weighted by Crippen LogP contribution is -2.35. The van der Waals surface area contributed by atoms with Gasteiger partial charge in [0.25, 0.3) is 11.8 Å². The van der Waals surface area contributed by atoms with E-state index in [2.05, 4.69) is 21.7 Å². The van der Waals surface area contributed by atoms with E-state index < -0.39 is 0 Å². The van der Waals surface area contributed by atoms with Crippen LogP contribution in [0.2, 0.25) is 0 Å². The number of nitrogens with one attached hydrogen (secondary N) is 2. The molecule has 2 heterocycles. The summed E-state index contributed by atoms with van der Waals surface area (Å²) in [5.41, 5.74) is 4.22. The molecule has 2 aliphatic rings. The third-order valence-corrected chi connectivity index (χ3v) is 5.71. The van der Waals surface area contributed by atoms with Crippen molar-refractivity contribution in [2.75, 3.05) is 5.32 Å². The first-order valence-corrected chi connectivity index (χ1v) is 10.3. The van der Waals surface area contributed by atoms with Gasteiger partial charge < -0.3 is 15.2 Å². The maximum absolute atomic E-state index is 13.0. The molecule has 1 aliphatic heterocycles. The molecule has 1 fully saturated rings. The molecule has 1 saturated carbocycles. The van der Waals surface area contributed by atoms with Crippen LogP contribution in [0.5, 0.6) is 0 Å². The van der Waals surface area contributed by atoms with Gasteiger partial charge in [0, 0.05) is 18.3 Å². The average molecular weight is 380 g/mol. The lowest BCUT2D eigenvalue weighted by Gasteiger charge is -2.18.